The summed E-state index contributed by atoms with van der Waals surface area (Å²) in [5, 5.41) is 70.7. The molecule has 2 aromatic carbocycles. The maximum absolute atomic E-state index is 11.1. The number of hydrogen-bond acceptors (Lipinski definition) is 11. The van der Waals surface area contributed by atoms with Crippen molar-refractivity contribution in [1.29, 1.82) is 0 Å². The third-order valence-corrected chi connectivity index (χ3v) is 6.06. The van der Waals surface area contributed by atoms with Crippen LogP contribution in [0.2, 0.25) is 0 Å². The van der Waals surface area contributed by atoms with Crippen molar-refractivity contribution in [3.63, 3.8) is 0 Å². The van der Waals surface area contributed by atoms with Crippen LogP contribution in [0.4, 0.5) is 0 Å². The standard InChI is InChI=1S/C25H34O11/c1-13-21(29)23(31)24(32)25(35-13)34-12-20(22(30)15-6-7-16(27)19(11-15)33-2)36-18-8-5-14(4-3-9-26)10-17(18)28/h5-8,10-11,13,20-32H,3-4,9,12H2,1-2H3/t13-,20-,21-,22+,23+,24+,25+/m0/s1. The van der Waals surface area contributed by atoms with Crippen molar-refractivity contribution >= 4 is 0 Å². The minimum absolute atomic E-state index is 0.0140. The van der Waals surface area contributed by atoms with Gasteiger partial charge in [0.1, 0.15) is 24.4 Å². The van der Waals surface area contributed by atoms with E-state index in [1.54, 1.807) is 6.07 Å². The molecule has 0 saturated carbocycles. The van der Waals surface area contributed by atoms with Crippen molar-refractivity contribution in [2.24, 2.45) is 0 Å². The van der Waals surface area contributed by atoms with Gasteiger partial charge in [-0.15, -0.1) is 0 Å². The lowest BCUT2D eigenvalue weighted by Crippen LogP contribution is -2.57. The fourth-order valence-corrected chi connectivity index (χ4v) is 3.89. The summed E-state index contributed by atoms with van der Waals surface area (Å²) in [4.78, 5) is 0. The molecule has 1 aliphatic heterocycles. The van der Waals surface area contributed by atoms with Crippen molar-refractivity contribution < 1.29 is 54.7 Å². The van der Waals surface area contributed by atoms with Crippen LogP contribution in [0.5, 0.6) is 23.0 Å². The van der Waals surface area contributed by atoms with Crippen LogP contribution in [0.25, 0.3) is 0 Å². The SMILES string of the molecule is COc1cc([C@@H](O)[C@H](CO[C@@H]2O[C@@H](C)[C@H](O)[C@@H](O)[C@H]2O)Oc2ccc(CCCO)cc2O)ccc1O. The van der Waals surface area contributed by atoms with Crippen molar-refractivity contribution in [2.75, 3.05) is 20.3 Å². The number of ether oxygens (including phenoxy) is 4. The van der Waals surface area contributed by atoms with Crippen molar-refractivity contribution in [1.82, 2.24) is 0 Å². The molecule has 200 valence electrons. The first kappa shape index (κ1) is 27.9. The molecule has 2 aromatic rings. The molecule has 36 heavy (non-hydrogen) atoms. The number of benzene rings is 2. The molecule has 0 radical (unpaired) electrons. The number of phenolic OH excluding ortho intramolecular Hbond substituents is 2. The molecular formula is C25H34O11. The number of rotatable bonds is 11. The summed E-state index contributed by atoms with van der Waals surface area (Å²) in [6, 6.07) is 8.95. The summed E-state index contributed by atoms with van der Waals surface area (Å²) in [6.45, 7) is 1.17. The van der Waals surface area contributed by atoms with Crippen molar-refractivity contribution in [2.45, 2.75) is 62.7 Å². The molecule has 0 amide bonds. The average molecular weight is 511 g/mol. The third kappa shape index (κ3) is 6.56. The van der Waals surface area contributed by atoms with E-state index < -0.39 is 42.9 Å². The van der Waals surface area contributed by atoms with Gasteiger partial charge >= 0.3 is 0 Å². The summed E-state index contributed by atoms with van der Waals surface area (Å²) < 4.78 is 22.1. The zero-order valence-corrected chi connectivity index (χ0v) is 20.1. The van der Waals surface area contributed by atoms with Gasteiger partial charge in [-0.2, -0.15) is 0 Å². The third-order valence-electron chi connectivity index (χ3n) is 6.06. The van der Waals surface area contributed by atoms with Gasteiger partial charge in [0.15, 0.2) is 35.4 Å². The van der Waals surface area contributed by atoms with Crippen LogP contribution < -0.4 is 9.47 Å². The van der Waals surface area contributed by atoms with Crippen LogP contribution in [0.15, 0.2) is 36.4 Å². The van der Waals surface area contributed by atoms with Gasteiger partial charge in [0.25, 0.3) is 0 Å². The smallest absolute Gasteiger partial charge is 0.186 e. The van der Waals surface area contributed by atoms with Crippen LogP contribution in [0.1, 0.15) is 30.6 Å². The molecule has 0 bridgehead atoms. The number of aliphatic hydroxyl groups excluding tert-OH is 5. The normalized spacial score (nSPS) is 25.8. The Morgan fingerprint density at radius 1 is 0.944 bits per heavy atom. The van der Waals surface area contributed by atoms with E-state index in [1.165, 1.54) is 44.4 Å². The van der Waals surface area contributed by atoms with Gasteiger partial charge in [-0.25, -0.2) is 0 Å². The van der Waals surface area contributed by atoms with E-state index in [0.29, 0.717) is 18.4 Å². The van der Waals surface area contributed by atoms with Gasteiger partial charge in [0.05, 0.1) is 19.8 Å². The number of aryl methyl sites for hydroxylation is 1. The molecule has 11 heteroatoms. The van der Waals surface area contributed by atoms with E-state index in [-0.39, 0.29) is 36.2 Å². The zero-order chi connectivity index (χ0) is 26.4. The molecule has 0 unspecified atom stereocenters. The molecular weight excluding hydrogens is 476 g/mol. The van der Waals surface area contributed by atoms with E-state index in [9.17, 15) is 30.6 Å². The molecule has 0 spiro atoms. The Kier molecular flexibility index (Phi) is 9.74. The number of hydrogen-bond donors (Lipinski definition) is 7. The van der Waals surface area contributed by atoms with Gasteiger partial charge in [0.2, 0.25) is 0 Å². The van der Waals surface area contributed by atoms with Crippen LogP contribution in [-0.2, 0) is 15.9 Å². The van der Waals surface area contributed by atoms with E-state index in [1.807, 2.05) is 0 Å². The maximum atomic E-state index is 11.1. The van der Waals surface area contributed by atoms with Gasteiger partial charge in [0, 0.05) is 6.61 Å². The minimum Gasteiger partial charge on any atom is -0.504 e. The summed E-state index contributed by atoms with van der Waals surface area (Å²) in [5.41, 5.74) is 1.09. The monoisotopic (exact) mass is 510 g/mol. The highest BCUT2D eigenvalue weighted by atomic mass is 16.7. The Labute approximate surface area is 208 Å². The molecule has 3 rings (SSSR count). The summed E-state index contributed by atoms with van der Waals surface area (Å²) in [6.07, 6.45) is -7.92. The first-order valence-corrected chi connectivity index (χ1v) is 11.6. The topological polar surface area (TPSA) is 179 Å². The van der Waals surface area contributed by atoms with Crippen molar-refractivity contribution in [3.05, 3.63) is 47.5 Å². The fraction of sp³-hybridized carbons (Fsp3) is 0.520. The summed E-state index contributed by atoms with van der Waals surface area (Å²) in [7, 11) is 1.36. The molecule has 1 saturated heterocycles. The van der Waals surface area contributed by atoms with E-state index >= 15 is 0 Å². The van der Waals surface area contributed by atoms with Gasteiger partial charge in [-0.1, -0.05) is 12.1 Å². The lowest BCUT2D eigenvalue weighted by molar-refractivity contribution is -0.297. The predicted octanol–water partition coefficient (Wildman–Crippen LogP) is 0.356. The zero-order valence-electron chi connectivity index (χ0n) is 20.1. The average Bonchev–Trinajstić information content (AvgIpc) is 2.87. The van der Waals surface area contributed by atoms with E-state index in [2.05, 4.69) is 0 Å². The number of aliphatic hydroxyl groups is 5. The molecule has 7 N–H and O–H groups in total. The Hall–Kier alpha value is -2.64. The molecule has 1 heterocycles. The highest BCUT2D eigenvalue weighted by Crippen LogP contribution is 2.34. The molecule has 1 aliphatic rings. The quantitative estimate of drug-likeness (QED) is 0.222. The predicted molar refractivity (Wildman–Crippen MR) is 126 cm³/mol. The Bertz CT molecular complexity index is 984. The van der Waals surface area contributed by atoms with Crippen LogP contribution >= 0.6 is 0 Å². The van der Waals surface area contributed by atoms with Gasteiger partial charge < -0.3 is 54.7 Å². The first-order valence-electron chi connectivity index (χ1n) is 11.6. The largest absolute Gasteiger partial charge is 0.504 e. The summed E-state index contributed by atoms with van der Waals surface area (Å²) >= 11 is 0. The molecule has 0 aliphatic carbocycles. The van der Waals surface area contributed by atoms with E-state index in [4.69, 9.17) is 24.1 Å². The number of aromatic hydroxyl groups is 2. The highest BCUT2D eigenvalue weighted by Gasteiger charge is 2.43. The lowest BCUT2D eigenvalue weighted by atomic mass is 10.00. The van der Waals surface area contributed by atoms with Gasteiger partial charge in [-0.3, -0.25) is 0 Å². The first-order chi connectivity index (χ1) is 17.2. The van der Waals surface area contributed by atoms with Crippen molar-refractivity contribution in [3.8, 4) is 23.0 Å². The van der Waals surface area contributed by atoms with E-state index in [0.717, 1.165) is 5.56 Å². The Balaban J connectivity index is 1.83. The fourth-order valence-electron chi connectivity index (χ4n) is 3.89. The maximum Gasteiger partial charge on any atom is 0.186 e. The number of phenols is 2. The molecule has 7 atom stereocenters. The highest BCUT2D eigenvalue weighted by molar-refractivity contribution is 5.44. The second-order valence-electron chi connectivity index (χ2n) is 8.68. The van der Waals surface area contributed by atoms with Crippen LogP contribution in [0, 0.1) is 0 Å². The number of methoxy groups -OCH3 is 1. The summed E-state index contributed by atoms with van der Waals surface area (Å²) in [5.74, 6) is -0.139. The lowest BCUT2D eigenvalue weighted by Gasteiger charge is -2.39. The Morgan fingerprint density at radius 3 is 2.36 bits per heavy atom. The second kappa shape index (κ2) is 12.5. The molecule has 1 fully saturated rings. The molecule has 11 nitrogen and oxygen atoms in total. The minimum atomic E-state index is -1.55. The Morgan fingerprint density at radius 2 is 1.69 bits per heavy atom. The second-order valence-corrected chi connectivity index (χ2v) is 8.68. The van der Waals surface area contributed by atoms with Crippen LogP contribution in [0.3, 0.4) is 0 Å². The molecule has 0 aromatic heterocycles. The van der Waals surface area contributed by atoms with Gasteiger partial charge in [-0.05, 0) is 55.2 Å². The van der Waals surface area contributed by atoms with Crippen LogP contribution in [-0.4, -0.2) is 92.9 Å².